The van der Waals surface area contributed by atoms with Crippen LogP contribution in [0.1, 0.15) is 82.0 Å². The quantitative estimate of drug-likeness (QED) is 0.0645. The van der Waals surface area contributed by atoms with Crippen LogP contribution >= 0.6 is 0 Å². The van der Waals surface area contributed by atoms with E-state index in [-0.39, 0.29) is 36.8 Å². The van der Waals surface area contributed by atoms with Gasteiger partial charge in [-0.15, -0.1) is 0 Å². The number of carboxylic acids is 1. The molecule has 0 spiro atoms. The average Bonchev–Trinajstić information content (AvgIpc) is 4.22. The lowest BCUT2D eigenvalue weighted by molar-refractivity contribution is -0.141. The van der Waals surface area contributed by atoms with Crippen molar-refractivity contribution in [2.24, 2.45) is 7.05 Å². The average molecular weight is 1090 g/mol. The van der Waals surface area contributed by atoms with Gasteiger partial charge in [-0.3, -0.25) is 28.9 Å². The SMILES string of the molecule is COc1ccc(C#CCNC2(C)CCN(C3CCN(c4nc(C(CO)(OC5CC5)c5ccccc5)c5cc(-c6cn(C)c(=O)c7[nH]ccc67)ccc5n4)CC3)CC2)cc1N1CCC(=O)N(CNC(=O)C(CC(=O)O)NC(C)=O)C1=O. The Balaban J connectivity index is 0.785. The number of nitrogens with zero attached hydrogens (tertiary/aromatic N) is 7. The van der Waals surface area contributed by atoms with E-state index < -0.39 is 54.5 Å². The van der Waals surface area contributed by atoms with Gasteiger partial charge < -0.3 is 55.0 Å². The van der Waals surface area contributed by atoms with Crippen LogP contribution in [-0.2, 0) is 36.6 Å². The predicted molar refractivity (Wildman–Crippen MR) is 300 cm³/mol. The summed E-state index contributed by atoms with van der Waals surface area (Å²) in [6, 6.07) is 21.4. The third kappa shape index (κ3) is 11.6. The lowest BCUT2D eigenvalue weighted by Crippen LogP contribution is -2.57. The molecule has 3 saturated heterocycles. The number of likely N-dealkylation sites (tertiary alicyclic amines) is 1. The van der Waals surface area contributed by atoms with Crippen molar-refractivity contribution >= 4 is 63.2 Å². The van der Waals surface area contributed by atoms with Gasteiger partial charge in [-0.2, -0.15) is 0 Å². The molecule has 80 heavy (non-hydrogen) atoms. The van der Waals surface area contributed by atoms with Crippen molar-refractivity contribution in [3.05, 3.63) is 112 Å². The molecular weight excluding hydrogens is 1020 g/mol. The number of imide groups is 1. The van der Waals surface area contributed by atoms with E-state index in [9.17, 15) is 39.0 Å². The largest absolute Gasteiger partial charge is 0.495 e. The maximum atomic E-state index is 13.7. The number of fused-ring (bicyclic) bond motifs is 2. The summed E-state index contributed by atoms with van der Waals surface area (Å²) in [5, 5.41) is 30.7. The van der Waals surface area contributed by atoms with E-state index in [1.54, 1.807) is 36.0 Å². The molecular formula is C59H67N11O10. The van der Waals surface area contributed by atoms with Crippen molar-refractivity contribution in [1.82, 2.24) is 45.3 Å². The van der Waals surface area contributed by atoms with Gasteiger partial charge in [0.2, 0.25) is 23.7 Å². The van der Waals surface area contributed by atoms with E-state index in [1.165, 1.54) is 12.0 Å². The van der Waals surface area contributed by atoms with E-state index in [4.69, 9.17) is 19.4 Å². The standard InChI is InChI=1S/C59H67N11O10/c1-37(72)63-47(33-51(74)75)54(76)61-36-70-50(73)21-28-69(57(70)78)48-31-38(12-17-49(48)79-4)9-8-24-62-58(2)22-29-67(30-23-58)41-19-26-68(27-20-41)56-64-46-16-13-39(45-34-66(3)55(77)52-43(45)18-25-60-52)32-44(46)53(65-56)59(35-71,80-42-14-15-42)40-10-6-5-7-11-40/h5-7,10-13,16-18,25,31-32,34,41-42,47,60,62,71H,14-15,19-24,26-30,33,35-36H2,1-4H3,(H,61,76)(H,63,72)(H,74,75). The number of carbonyl (C=O) groups is 5. The number of hydrogen-bond acceptors (Lipinski definition) is 14. The summed E-state index contributed by atoms with van der Waals surface area (Å²) >= 11 is 0. The fourth-order valence-corrected chi connectivity index (χ4v) is 11.2. The molecule has 6 heterocycles. The lowest BCUT2D eigenvalue weighted by atomic mass is 9.87. The highest BCUT2D eigenvalue weighted by Gasteiger charge is 2.44. The lowest BCUT2D eigenvalue weighted by Gasteiger charge is -2.45. The Kier molecular flexibility index (Phi) is 16.1. The molecule has 21 heteroatoms. The maximum absolute atomic E-state index is 13.7. The zero-order valence-corrected chi connectivity index (χ0v) is 45.4. The first kappa shape index (κ1) is 55.2. The summed E-state index contributed by atoms with van der Waals surface area (Å²) in [4.78, 5) is 96.2. The number of anilines is 2. The molecule has 0 bridgehead atoms. The molecule has 3 aromatic heterocycles. The first-order chi connectivity index (χ1) is 38.6. The summed E-state index contributed by atoms with van der Waals surface area (Å²) in [5.41, 5.74) is 3.96. The fourth-order valence-electron chi connectivity index (χ4n) is 11.2. The number of rotatable bonds is 18. The Labute approximate surface area is 462 Å². The summed E-state index contributed by atoms with van der Waals surface area (Å²) in [7, 11) is 3.22. The molecule has 5 amide bonds. The van der Waals surface area contributed by atoms with Gasteiger partial charge in [-0.25, -0.2) is 19.7 Å². The van der Waals surface area contributed by atoms with Crippen LogP contribution in [0.15, 0.2) is 90.0 Å². The molecule has 3 aliphatic heterocycles. The van der Waals surface area contributed by atoms with Gasteiger partial charge in [0.25, 0.3) is 5.56 Å². The number of aliphatic hydroxyl groups is 1. The van der Waals surface area contributed by atoms with E-state index in [0.29, 0.717) is 46.7 Å². The minimum Gasteiger partial charge on any atom is -0.495 e. The van der Waals surface area contributed by atoms with Gasteiger partial charge in [0, 0.05) is 99.0 Å². The molecule has 21 nitrogen and oxygen atoms in total. The Morgan fingerprint density at radius 2 is 1.70 bits per heavy atom. The van der Waals surface area contributed by atoms with Crippen LogP contribution in [0.5, 0.6) is 5.75 Å². The third-order valence-electron chi connectivity index (χ3n) is 15.9. The zero-order chi connectivity index (χ0) is 56.3. The van der Waals surface area contributed by atoms with Crippen molar-refractivity contribution in [1.29, 1.82) is 0 Å². The molecule has 1 aliphatic carbocycles. The first-order valence-electron chi connectivity index (χ1n) is 27.2. The number of aliphatic carboxylic acids is 1. The van der Waals surface area contributed by atoms with Gasteiger partial charge in [0.05, 0.1) is 49.7 Å². The molecule has 10 rings (SSSR count). The van der Waals surface area contributed by atoms with Gasteiger partial charge >= 0.3 is 12.0 Å². The van der Waals surface area contributed by atoms with Gasteiger partial charge in [-0.1, -0.05) is 48.2 Å². The van der Waals surface area contributed by atoms with Crippen molar-refractivity contribution in [2.75, 3.05) is 69.5 Å². The smallest absolute Gasteiger partial charge is 0.332 e. The summed E-state index contributed by atoms with van der Waals surface area (Å²) in [6.07, 6.45) is 8.41. The second-order valence-electron chi connectivity index (χ2n) is 21.4. The van der Waals surface area contributed by atoms with Crippen molar-refractivity contribution < 1.29 is 43.7 Å². The topological polar surface area (TPSA) is 257 Å². The number of methoxy groups -OCH3 is 1. The Morgan fingerprint density at radius 3 is 2.40 bits per heavy atom. The number of amides is 5. The van der Waals surface area contributed by atoms with Crippen LogP contribution in [0.3, 0.4) is 0 Å². The number of benzene rings is 3. The highest BCUT2D eigenvalue weighted by Crippen LogP contribution is 2.44. The molecule has 0 radical (unpaired) electrons. The van der Waals surface area contributed by atoms with Crippen LogP contribution in [0.2, 0.25) is 0 Å². The molecule has 418 valence electrons. The predicted octanol–water partition coefficient (Wildman–Crippen LogP) is 4.58. The van der Waals surface area contributed by atoms with E-state index in [2.05, 4.69) is 55.6 Å². The number of carbonyl (C=O) groups excluding carboxylic acids is 4. The highest BCUT2D eigenvalue weighted by molar-refractivity contribution is 6.07. The van der Waals surface area contributed by atoms with Gasteiger partial charge in [0.15, 0.2) is 5.60 Å². The number of nitrogens with one attached hydrogen (secondary N) is 4. The number of pyridine rings is 1. The van der Waals surface area contributed by atoms with E-state index in [1.807, 2.05) is 54.7 Å². The Morgan fingerprint density at radius 1 is 0.938 bits per heavy atom. The highest BCUT2D eigenvalue weighted by atomic mass is 16.5. The number of aliphatic hydroxyl groups excluding tert-OH is 1. The van der Waals surface area contributed by atoms with Crippen molar-refractivity contribution in [3.8, 4) is 28.7 Å². The second kappa shape index (κ2) is 23.3. The van der Waals surface area contributed by atoms with Gasteiger partial charge in [0.1, 0.15) is 24.0 Å². The molecule has 3 aromatic carbocycles. The second-order valence-corrected chi connectivity index (χ2v) is 21.4. The molecule has 1 saturated carbocycles. The van der Waals surface area contributed by atoms with Crippen LogP contribution in [-0.4, -0.2) is 153 Å². The monoisotopic (exact) mass is 1090 g/mol. The molecule has 6 N–H and O–H groups in total. The minimum absolute atomic E-state index is 0.0171. The number of aromatic amines is 1. The summed E-state index contributed by atoms with van der Waals surface area (Å²) in [5.74, 6) is 4.12. The number of aromatic nitrogens is 4. The number of H-pyrrole nitrogens is 1. The number of ether oxygens (including phenoxy) is 2. The zero-order valence-electron chi connectivity index (χ0n) is 45.4. The summed E-state index contributed by atoms with van der Waals surface area (Å²) in [6.45, 7) is 6.37. The number of urea groups is 1. The van der Waals surface area contributed by atoms with Crippen molar-refractivity contribution in [2.45, 2.75) is 94.5 Å². The van der Waals surface area contributed by atoms with Crippen LogP contribution in [0.25, 0.3) is 32.9 Å². The van der Waals surface area contributed by atoms with Gasteiger partial charge in [-0.05, 0) is 93.0 Å². The first-order valence-corrected chi connectivity index (χ1v) is 27.2. The molecule has 2 unspecified atom stereocenters. The maximum Gasteiger partial charge on any atom is 0.332 e. The molecule has 4 aliphatic rings. The normalized spacial score (nSPS) is 18.1. The Hall–Kier alpha value is -8.16. The van der Waals surface area contributed by atoms with Crippen LogP contribution in [0.4, 0.5) is 16.4 Å². The number of hydrogen-bond donors (Lipinski definition) is 6. The minimum atomic E-state index is -1.40. The summed E-state index contributed by atoms with van der Waals surface area (Å²) < 4.78 is 14.1. The van der Waals surface area contributed by atoms with E-state index in [0.717, 1.165) is 110 Å². The molecule has 6 aromatic rings. The molecule has 4 fully saturated rings. The Bertz CT molecular complexity index is 3450. The van der Waals surface area contributed by atoms with Crippen molar-refractivity contribution in [3.63, 3.8) is 0 Å². The van der Waals surface area contributed by atoms with Crippen LogP contribution in [0, 0.1) is 11.8 Å². The number of aryl methyl sites for hydroxylation is 1. The number of piperidine rings is 2. The van der Waals surface area contributed by atoms with Crippen LogP contribution < -0.4 is 36.0 Å². The third-order valence-corrected chi connectivity index (χ3v) is 15.9. The number of carboxylic acid groups (broad SMARTS) is 1. The molecule has 2 atom stereocenters. The van der Waals surface area contributed by atoms with E-state index >= 15 is 0 Å². The fraction of sp³-hybridized carbons (Fsp3) is 0.424.